The van der Waals surface area contributed by atoms with Gasteiger partial charge < -0.3 is 10.2 Å². The van der Waals surface area contributed by atoms with E-state index < -0.39 is 0 Å². The minimum absolute atomic E-state index is 0.257. The van der Waals surface area contributed by atoms with Crippen molar-refractivity contribution in [3.63, 3.8) is 0 Å². The van der Waals surface area contributed by atoms with Crippen molar-refractivity contribution < 1.29 is 4.79 Å². The lowest BCUT2D eigenvalue weighted by atomic mass is 10.1. The summed E-state index contributed by atoms with van der Waals surface area (Å²) in [6.07, 6.45) is 6.38. The topological polar surface area (TPSA) is 75.9 Å². The monoisotopic (exact) mass is 416 g/mol. The zero-order chi connectivity index (χ0) is 20.5. The first-order chi connectivity index (χ1) is 14.7. The minimum atomic E-state index is -0.257. The van der Waals surface area contributed by atoms with Gasteiger partial charge in [0.05, 0.1) is 6.54 Å². The van der Waals surface area contributed by atoms with E-state index in [0.29, 0.717) is 18.1 Å². The van der Waals surface area contributed by atoms with Crippen molar-refractivity contribution in [2.24, 2.45) is 0 Å². The summed E-state index contributed by atoms with van der Waals surface area (Å²) >= 11 is 1.48. The van der Waals surface area contributed by atoms with Crippen LogP contribution in [0.15, 0.2) is 60.4 Å². The van der Waals surface area contributed by atoms with Gasteiger partial charge in [-0.15, -0.1) is 11.3 Å². The molecule has 0 fully saturated rings. The Bertz CT molecular complexity index is 1200. The molecule has 8 heteroatoms. The molecule has 0 spiro atoms. The molecule has 1 amide bonds. The molecule has 7 nitrogen and oxygen atoms in total. The van der Waals surface area contributed by atoms with Crippen LogP contribution in [0.25, 0.3) is 10.6 Å². The van der Waals surface area contributed by atoms with Crippen LogP contribution in [0.3, 0.4) is 0 Å². The van der Waals surface area contributed by atoms with Crippen LogP contribution in [0.4, 0.5) is 11.5 Å². The molecular weight excluding hydrogens is 396 g/mol. The van der Waals surface area contributed by atoms with Gasteiger partial charge in [0.2, 0.25) is 0 Å². The van der Waals surface area contributed by atoms with E-state index in [2.05, 4.69) is 50.5 Å². The maximum atomic E-state index is 12.6. The average Bonchev–Trinajstić information content (AvgIpc) is 3.49. The number of hydrogen-bond acceptors (Lipinski definition) is 6. The molecule has 1 aromatic carbocycles. The van der Waals surface area contributed by atoms with Gasteiger partial charge in [-0.25, -0.2) is 4.98 Å². The lowest BCUT2D eigenvalue weighted by Gasteiger charge is -2.11. The zero-order valence-corrected chi connectivity index (χ0v) is 17.3. The Morgan fingerprint density at radius 3 is 2.93 bits per heavy atom. The summed E-state index contributed by atoms with van der Waals surface area (Å²) in [6, 6.07) is 12.0. The number of thiazole rings is 1. The number of likely N-dealkylation sites (N-methyl/N-ethyl adjacent to an activating group) is 1. The first-order valence-corrected chi connectivity index (χ1v) is 10.6. The maximum Gasteiger partial charge on any atom is 0.276 e. The van der Waals surface area contributed by atoms with Crippen LogP contribution in [0.5, 0.6) is 0 Å². The van der Waals surface area contributed by atoms with Crippen molar-refractivity contribution in [1.29, 1.82) is 0 Å². The number of amides is 1. The van der Waals surface area contributed by atoms with Gasteiger partial charge in [-0.2, -0.15) is 5.10 Å². The van der Waals surface area contributed by atoms with Gasteiger partial charge in [-0.05, 0) is 47.9 Å². The highest BCUT2D eigenvalue weighted by molar-refractivity contribution is 7.13. The van der Waals surface area contributed by atoms with Gasteiger partial charge >= 0.3 is 0 Å². The summed E-state index contributed by atoms with van der Waals surface area (Å²) < 4.78 is 1.78. The number of carbonyl (C=O) groups is 1. The van der Waals surface area contributed by atoms with E-state index in [-0.39, 0.29) is 5.91 Å². The molecule has 0 atom stereocenters. The van der Waals surface area contributed by atoms with E-state index in [1.165, 1.54) is 22.6 Å². The summed E-state index contributed by atoms with van der Waals surface area (Å²) in [5, 5.41) is 9.89. The lowest BCUT2D eigenvalue weighted by Crippen LogP contribution is -2.13. The summed E-state index contributed by atoms with van der Waals surface area (Å²) in [4.78, 5) is 23.4. The molecule has 1 N–H and O–H groups in total. The van der Waals surface area contributed by atoms with Crippen LogP contribution in [-0.2, 0) is 13.0 Å². The van der Waals surface area contributed by atoms with E-state index in [1.54, 1.807) is 28.5 Å². The van der Waals surface area contributed by atoms with Crippen LogP contribution < -0.4 is 10.2 Å². The zero-order valence-electron chi connectivity index (χ0n) is 16.4. The number of rotatable bonds is 5. The summed E-state index contributed by atoms with van der Waals surface area (Å²) in [7, 11) is 2.11. The van der Waals surface area contributed by atoms with Crippen molar-refractivity contribution in [2.45, 2.75) is 13.0 Å². The second-order valence-corrected chi connectivity index (χ2v) is 8.12. The second-order valence-electron chi connectivity index (χ2n) is 7.26. The molecule has 1 aliphatic heterocycles. The number of pyridine rings is 1. The quantitative estimate of drug-likeness (QED) is 0.537. The van der Waals surface area contributed by atoms with Gasteiger partial charge in [-0.3, -0.25) is 14.5 Å². The highest BCUT2D eigenvalue weighted by Gasteiger charge is 2.18. The Morgan fingerprint density at radius 2 is 2.07 bits per heavy atom. The number of nitrogens with one attached hydrogen (secondary N) is 1. The average molecular weight is 417 g/mol. The van der Waals surface area contributed by atoms with Crippen LogP contribution in [0.1, 0.15) is 21.6 Å². The molecule has 4 heterocycles. The van der Waals surface area contributed by atoms with Gasteiger partial charge in [0.25, 0.3) is 5.91 Å². The standard InChI is InChI=1S/C22H20N6OS/c1-27-10-6-16-12-17(2-3-19(16)27)22-24-18(14-30-22)21(29)25-20-7-11-28(26-20)13-15-4-8-23-9-5-15/h2-5,7-9,11-12,14H,6,10,13H2,1H3,(H,25,26,29). The van der Waals surface area contributed by atoms with Crippen LogP contribution >= 0.6 is 11.3 Å². The lowest BCUT2D eigenvalue weighted by molar-refractivity contribution is 0.102. The van der Waals surface area contributed by atoms with Gasteiger partial charge in [0.1, 0.15) is 10.7 Å². The molecule has 0 bridgehead atoms. The Kier molecular flexibility index (Phi) is 4.76. The van der Waals surface area contributed by atoms with E-state index in [9.17, 15) is 4.79 Å². The Morgan fingerprint density at radius 1 is 1.20 bits per heavy atom. The number of aromatic nitrogens is 4. The first-order valence-electron chi connectivity index (χ1n) is 9.69. The van der Waals surface area contributed by atoms with E-state index in [4.69, 9.17) is 0 Å². The van der Waals surface area contributed by atoms with Crippen molar-refractivity contribution in [1.82, 2.24) is 19.7 Å². The van der Waals surface area contributed by atoms with E-state index in [1.807, 2.05) is 18.3 Å². The molecule has 3 aromatic heterocycles. The second kappa shape index (κ2) is 7.72. The van der Waals surface area contributed by atoms with Gasteiger partial charge in [0, 0.05) is 54.9 Å². The summed E-state index contributed by atoms with van der Waals surface area (Å²) in [5.41, 5.74) is 5.15. The molecule has 1 aliphatic rings. The number of carbonyl (C=O) groups excluding carboxylic acids is 1. The van der Waals surface area contributed by atoms with Crippen molar-refractivity contribution in [2.75, 3.05) is 23.8 Å². The molecule has 30 heavy (non-hydrogen) atoms. The molecule has 4 aromatic rings. The largest absolute Gasteiger partial charge is 0.374 e. The third-order valence-corrected chi connectivity index (χ3v) is 6.06. The number of anilines is 2. The Hall–Kier alpha value is -3.52. The van der Waals surface area contributed by atoms with Crippen molar-refractivity contribution in [3.05, 3.63) is 77.2 Å². The van der Waals surface area contributed by atoms with Crippen LogP contribution in [0, 0.1) is 0 Å². The van der Waals surface area contributed by atoms with E-state index in [0.717, 1.165) is 29.1 Å². The Labute approximate surface area is 178 Å². The fourth-order valence-corrected chi connectivity index (χ4v) is 4.38. The highest BCUT2D eigenvalue weighted by atomic mass is 32.1. The van der Waals surface area contributed by atoms with Crippen LogP contribution in [0.2, 0.25) is 0 Å². The molecule has 0 aliphatic carbocycles. The normalized spacial score (nSPS) is 12.8. The predicted octanol–water partition coefficient (Wildman–Crippen LogP) is 3.69. The fraction of sp³-hybridized carbons (Fsp3) is 0.182. The summed E-state index contributed by atoms with van der Waals surface area (Å²) in [5.74, 6) is 0.247. The Balaban J connectivity index is 1.27. The number of nitrogens with zero attached hydrogens (tertiary/aromatic N) is 5. The van der Waals surface area contributed by atoms with Gasteiger partial charge in [-0.1, -0.05) is 0 Å². The summed E-state index contributed by atoms with van der Waals surface area (Å²) in [6.45, 7) is 1.66. The van der Waals surface area contributed by atoms with Crippen LogP contribution in [-0.4, -0.2) is 39.2 Å². The first kappa shape index (κ1) is 18.5. The molecule has 150 valence electrons. The van der Waals surface area contributed by atoms with Crippen molar-refractivity contribution >= 4 is 28.7 Å². The fourth-order valence-electron chi connectivity index (χ4n) is 3.58. The number of hydrogen-bond donors (Lipinski definition) is 1. The van der Waals surface area contributed by atoms with Crippen molar-refractivity contribution in [3.8, 4) is 10.6 Å². The molecular formula is C22H20N6OS. The SMILES string of the molecule is CN1CCc2cc(-c3nc(C(=O)Nc4ccn(Cc5ccncc5)n4)cs3)ccc21. The number of fused-ring (bicyclic) bond motifs is 1. The molecule has 0 radical (unpaired) electrons. The minimum Gasteiger partial charge on any atom is -0.374 e. The molecule has 0 saturated carbocycles. The van der Waals surface area contributed by atoms with Gasteiger partial charge in [0.15, 0.2) is 5.82 Å². The number of benzene rings is 1. The highest BCUT2D eigenvalue weighted by Crippen LogP contribution is 2.32. The van der Waals surface area contributed by atoms with E-state index >= 15 is 0 Å². The third-order valence-electron chi connectivity index (χ3n) is 5.17. The molecule has 5 rings (SSSR count). The predicted molar refractivity (Wildman–Crippen MR) is 118 cm³/mol. The smallest absolute Gasteiger partial charge is 0.276 e. The molecule has 0 unspecified atom stereocenters. The maximum absolute atomic E-state index is 12.6. The third kappa shape index (κ3) is 3.69. The molecule has 0 saturated heterocycles.